The fourth-order valence-electron chi connectivity index (χ4n) is 3.28. The first-order valence-corrected chi connectivity index (χ1v) is 12.7. The molecule has 0 fully saturated rings. The van der Waals surface area contributed by atoms with Crippen molar-refractivity contribution in [2.75, 3.05) is 26.4 Å². The number of esters is 4. The van der Waals surface area contributed by atoms with Gasteiger partial charge in [-0.15, -0.1) is 0 Å². The van der Waals surface area contributed by atoms with Gasteiger partial charge in [0.1, 0.15) is 35.9 Å². The molecule has 4 aliphatic heterocycles. The molecule has 50 heavy (non-hydrogen) atoms. The minimum absolute atomic E-state index is 0. The van der Waals surface area contributed by atoms with Gasteiger partial charge in [0.15, 0.2) is 35.9 Å². The van der Waals surface area contributed by atoms with Crippen LogP contribution >= 0.6 is 0 Å². The van der Waals surface area contributed by atoms with E-state index < -0.39 is 145 Å². The van der Waals surface area contributed by atoms with Crippen LogP contribution in [0.5, 0.6) is 0 Å². The van der Waals surface area contributed by atoms with Crippen LogP contribution in [-0.4, -0.2) is 254 Å². The van der Waals surface area contributed by atoms with Gasteiger partial charge >= 0.3 is 107 Å². The molecule has 4 aliphatic rings. The Bertz CT molecular complexity index is 1140. The van der Waals surface area contributed by atoms with E-state index in [1.807, 2.05) is 0 Å². The molecule has 8 atom stereocenters. The quantitative estimate of drug-likeness (QED) is 0.0613. The molecule has 0 bridgehead atoms. The van der Waals surface area contributed by atoms with Crippen molar-refractivity contribution < 1.29 is 120 Å². The van der Waals surface area contributed by atoms with Crippen molar-refractivity contribution in [1.29, 1.82) is 0 Å². The van der Waals surface area contributed by atoms with Crippen LogP contribution in [0.4, 0.5) is 0 Å². The first-order valence-electron chi connectivity index (χ1n) is 12.7. The number of aliphatic hydroxyl groups excluding tert-OH is 14. The number of hydrogen-bond acceptors (Lipinski definition) is 24. The van der Waals surface area contributed by atoms with Crippen molar-refractivity contribution in [2.24, 2.45) is 0 Å². The second-order valence-electron chi connectivity index (χ2n) is 9.20. The number of hydrogen-bond donors (Lipinski definition) is 14. The summed E-state index contributed by atoms with van der Waals surface area (Å²) < 4.78 is 17.1. The topological polar surface area (TPSA) is 435 Å². The predicted octanol–water partition coefficient (Wildman–Crippen LogP) is -8.79. The average molecular weight is 830 g/mol. The van der Waals surface area contributed by atoms with Gasteiger partial charge in [0.05, 0.1) is 26.4 Å². The van der Waals surface area contributed by atoms with Gasteiger partial charge in [-0.05, 0) is 0 Å². The summed E-state index contributed by atoms with van der Waals surface area (Å²) in [7, 11) is 0. The summed E-state index contributed by atoms with van der Waals surface area (Å²) in [6.45, 7) is -2.74. The van der Waals surface area contributed by atoms with Crippen LogP contribution in [0.3, 0.4) is 0 Å². The van der Waals surface area contributed by atoms with Crippen molar-refractivity contribution in [2.45, 2.75) is 48.8 Å². The first-order chi connectivity index (χ1) is 22.3. The Morgan fingerprint density at radius 2 is 0.660 bits per heavy atom. The third kappa shape index (κ3) is 12.4. The molecule has 26 heteroatoms. The summed E-state index contributed by atoms with van der Waals surface area (Å²) >= 11 is 0. The Hall–Kier alpha value is -2.34. The summed E-state index contributed by atoms with van der Waals surface area (Å²) in [6.07, 6.45) is -11.3. The molecule has 8 unspecified atom stereocenters. The molecule has 4 heterocycles. The van der Waals surface area contributed by atoms with Crippen LogP contribution in [-0.2, 0) is 38.1 Å². The van der Waals surface area contributed by atoms with Gasteiger partial charge in [-0.2, -0.15) is 0 Å². The van der Waals surface area contributed by atoms with Gasteiger partial charge in [0.2, 0.25) is 11.5 Å². The van der Waals surface area contributed by atoms with E-state index in [-0.39, 0.29) is 83.2 Å². The van der Waals surface area contributed by atoms with Crippen LogP contribution in [0.1, 0.15) is 0 Å². The molecule has 0 aromatic heterocycles. The molecule has 0 aliphatic carbocycles. The summed E-state index contributed by atoms with van der Waals surface area (Å²) in [4.78, 5) is 42.0. The Labute approximate surface area is 345 Å². The van der Waals surface area contributed by atoms with Gasteiger partial charge in [-0.1, -0.05) is 0 Å². The molecule has 0 amide bonds. The van der Waals surface area contributed by atoms with Crippen LogP contribution in [0.15, 0.2) is 46.1 Å². The van der Waals surface area contributed by atoms with E-state index in [9.17, 15) is 29.4 Å². The molecular formula is C24H30CaO24Sr+2. The molecular weight excluding hydrogens is 800 g/mol. The number of cyclic esters (lactones) is 4. The van der Waals surface area contributed by atoms with E-state index in [4.69, 9.17) is 71.5 Å². The van der Waals surface area contributed by atoms with E-state index in [0.717, 1.165) is 0 Å². The van der Waals surface area contributed by atoms with Gasteiger partial charge in [-0.25, -0.2) is 19.2 Å². The molecule has 0 saturated carbocycles. The van der Waals surface area contributed by atoms with Crippen molar-refractivity contribution in [3.63, 3.8) is 0 Å². The van der Waals surface area contributed by atoms with E-state index in [2.05, 4.69) is 18.9 Å². The molecule has 4 rings (SSSR count). The van der Waals surface area contributed by atoms with Crippen LogP contribution in [0.2, 0.25) is 0 Å². The van der Waals surface area contributed by atoms with E-state index >= 15 is 0 Å². The number of ether oxygens (including phenoxy) is 4. The third-order valence-corrected chi connectivity index (χ3v) is 5.87. The van der Waals surface area contributed by atoms with Gasteiger partial charge in [0.25, 0.3) is 0 Å². The number of carbonyl (C=O) groups is 4. The van der Waals surface area contributed by atoms with Crippen LogP contribution in [0, 0.1) is 0 Å². The van der Waals surface area contributed by atoms with Crippen LogP contribution < -0.4 is 10.2 Å². The van der Waals surface area contributed by atoms with Gasteiger partial charge in [0, 0.05) is 11.5 Å². The minimum atomic E-state index is -1.46. The zero-order valence-corrected chi connectivity index (χ0v) is 30.9. The summed E-state index contributed by atoms with van der Waals surface area (Å²) in [5.41, 5.74) is 0. The molecule has 0 spiro atoms. The molecule has 24 nitrogen and oxygen atoms in total. The Balaban J connectivity index is 0. The van der Waals surface area contributed by atoms with Crippen molar-refractivity contribution in [3.05, 3.63) is 46.1 Å². The SMILES string of the molecule is O=C1OC(C(O)CO)C(O)=C1O.O=C1OC(C(O)CO)C(O)=C1O.O=C1OC(C(O)CO)C(O)=C1[O-].O=C1OC(C(O)CO)C(O)=C1[O-].[Ca+2].[Sr+2]. The standard InChI is InChI=1S/4C6H8O6.Ca.Sr/c4*7-1-2(8)5-3(9)4(10)6(11)12-5;;/h4*2,5,7-10H,1H2;;/q;;;;2*+2/p-2. The molecule has 272 valence electrons. The molecule has 14 N–H and O–H groups in total. The zero-order valence-electron chi connectivity index (χ0n) is 25.2. The fraction of sp³-hybridized carbons (Fsp3) is 0.500. The maximum atomic E-state index is 10.6. The van der Waals surface area contributed by atoms with E-state index in [0.29, 0.717) is 0 Å². The largest absolute Gasteiger partial charge is 2.00 e. The van der Waals surface area contributed by atoms with Crippen molar-refractivity contribution >= 4 is 107 Å². The second kappa shape index (κ2) is 22.6. The Kier molecular flexibility index (Phi) is 22.5. The number of carbonyl (C=O) groups excluding carboxylic acids is 4. The zero-order chi connectivity index (χ0) is 37.2. The summed E-state index contributed by atoms with van der Waals surface area (Å²) in [5.74, 6) is -12.1. The van der Waals surface area contributed by atoms with Crippen molar-refractivity contribution in [1.82, 2.24) is 0 Å². The van der Waals surface area contributed by atoms with E-state index in [1.165, 1.54) is 0 Å². The molecule has 0 aromatic rings. The predicted molar refractivity (Wildman–Crippen MR) is 147 cm³/mol. The number of aliphatic hydroxyl groups is 14. The summed E-state index contributed by atoms with van der Waals surface area (Å²) in [5, 5.41) is 144. The maximum Gasteiger partial charge on any atom is 2.00 e. The number of rotatable bonds is 8. The molecule has 0 saturated heterocycles. The normalized spacial score (nSPS) is 24.8. The summed E-state index contributed by atoms with van der Waals surface area (Å²) in [6, 6.07) is 0. The maximum absolute atomic E-state index is 10.6. The van der Waals surface area contributed by atoms with E-state index in [1.54, 1.807) is 0 Å². The van der Waals surface area contributed by atoms with Crippen molar-refractivity contribution in [3.8, 4) is 0 Å². The molecule has 0 radical (unpaired) electrons. The average Bonchev–Trinajstić information content (AvgIpc) is 3.70. The second-order valence-corrected chi connectivity index (χ2v) is 9.20. The smallest absolute Gasteiger partial charge is 0.865 e. The third-order valence-electron chi connectivity index (χ3n) is 5.87. The fourth-order valence-corrected chi connectivity index (χ4v) is 3.28. The first kappa shape index (κ1) is 49.8. The monoisotopic (exact) mass is 830 g/mol. The van der Waals surface area contributed by atoms with Gasteiger partial charge in [-0.3, -0.25) is 0 Å². The van der Waals surface area contributed by atoms with Gasteiger partial charge < -0.3 is 101 Å². The Morgan fingerprint density at radius 3 is 0.800 bits per heavy atom. The Morgan fingerprint density at radius 1 is 0.460 bits per heavy atom. The minimum Gasteiger partial charge on any atom is -0.865 e. The van der Waals surface area contributed by atoms with Crippen LogP contribution in [0.25, 0.3) is 0 Å². The molecule has 0 aromatic carbocycles.